The average Bonchev–Trinajstić information content (AvgIpc) is 2.48. The van der Waals surface area contributed by atoms with Crippen LogP contribution in [-0.2, 0) is 9.47 Å². The second-order valence-corrected chi connectivity index (χ2v) is 9.31. The van der Waals surface area contributed by atoms with E-state index in [9.17, 15) is 4.79 Å². The van der Waals surface area contributed by atoms with E-state index in [-0.39, 0.29) is 23.2 Å². The SMILES string of the molecule is COC1(CC2CCC(C)(C)CN2C(=O)OC(C)(C)C)CCNCC1. The Morgan fingerprint density at radius 2 is 1.83 bits per heavy atom. The van der Waals surface area contributed by atoms with E-state index in [4.69, 9.17) is 9.47 Å². The van der Waals surface area contributed by atoms with Crippen LogP contribution < -0.4 is 5.32 Å². The van der Waals surface area contributed by atoms with Crippen molar-refractivity contribution in [1.82, 2.24) is 10.2 Å². The van der Waals surface area contributed by atoms with Gasteiger partial charge in [-0.2, -0.15) is 0 Å². The van der Waals surface area contributed by atoms with Crippen LogP contribution in [-0.4, -0.2) is 55.0 Å². The van der Waals surface area contributed by atoms with Crippen molar-refractivity contribution in [1.29, 1.82) is 0 Å². The minimum Gasteiger partial charge on any atom is -0.444 e. The first kappa shape index (κ1) is 19.5. The molecule has 2 rings (SSSR count). The van der Waals surface area contributed by atoms with Gasteiger partial charge in [0.15, 0.2) is 0 Å². The molecule has 24 heavy (non-hydrogen) atoms. The van der Waals surface area contributed by atoms with Crippen molar-refractivity contribution in [3.8, 4) is 0 Å². The summed E-state index contributed by atoms with van der Waals surface area (Å²) in [5.74, 6) is 0. The van der Waals surface area contributed by atoms with Crippen molar-refractivity contribution in [3.63, 3.8) is 0 Å². The lowest BCUT2D eigenvalue weighted by Gasteiger charge is -2.47. The van der Waals surface area contributed by atoms with E-state index in [1.807, 2.05) is 32.8 Å². The van der Waals surface area contributed by atoms with Crippen LogP contribution in [0.1, 0.15) is 66.7 Å². The summed E-state index contributed by atoms with van der Waals surface area (Å²) in [4.78, 5) is 14.8. The average molecular weight is 341 g/mol. The van der Waals surface area contributed by atoms with E-state index in [1.54, 1.807) is 0 Å². The number of carbonyl (C=O) groups excluding carboxylic acids is 1. The van der Waals surface area contributed by atoms with Crippen molar-refractivity contribution in [2.75, 3.05) is 26.7 Å². The van der Waals surface area contributed by atoms with E-state index in [1.165, 1.54) is 0 Å². The molecule has 140 valence electrons. The van der Waals surface area contributed by atoms with E-state index in [0.717, 1.165) is 51.7 Å². The molecule has 1 atom stereocenters. The normalized spacial score (nSPS) is 26.9. The Morgan fingerprint density at radius 1 is 1.21 bits per heavy atom. The van der Waals surface area contributed by atoms with Crippen LogP contribution in [0.2, 0.25) is 0 Å². The zero-order valence-electron chi connectivity index (χ0n) is 16.4. The molecular formula is C19H36N2O3. The molecular weight excluding hydrogens is 304 g/mol. The molecule has 0 radical (unpaired) electrons. The second-order valence-electron chi connectivity index (χ2n) is 9.31. The smallest absolute Gasteiger partial charge is 0.410 e. The lowest BCUT2D eigenvalue weighted by atomic mass is 9.77. The molecule has 2 aliphatic rings. The number of piperidine rings is 2. The van der Waals surface area contributed by atoms with Crippen molar-refractivity contribution >= 4 is 6.09 Å². The van der Waals surface area contributed by atoms with Gasteiger partial charge >= 0.3 is 6.09 Å². The topological polar surface area (TPSA) is 50.8 Å². The second kappa shape index (κ2) is 7.20. The van der Waals surface area contributed by atoms with Crippen LogP contribution in [0.15, 0.2) is 0 Å². The van der Waals surface area contributed by atoms with Gasteiger partial charge in [-0.15, -0.1) is 0 Å². The van der Waals surface area contributed by atoms with Crippen LogP contribution in [0.3, 0.4) is 0 Å². The summed E-state index contributed by atoms with van der Waals surface area (Å²) in [6.45, 7) is 13.0. The molecule has 2 saturated heterocycles. The molecule has 0 spiro atoms. The van der Waals surface area contributed by atoms with Gasteiger partial charge < -0.3 is 19.7 Å². The molecule has 1 N–H and O–H groups in total. The standard InChI is InChI=1S/C19H36N2O3/c1-17(2,3)24-16(22)21-14-18(4,5)8-7-15(21)13-19(23-6)9-11-20-12-10-19/h15,20H,7-14H2,1-6H3. The summed E-state index contributed by atoms with van der Waals surface area (Å²) in [6.07, 6.45) is 4.89. The van der Waals surface area contributed by atoms with Crippen LogP contribution in [0, 0.1) is 5.41 Å². The Balaban J connectivity index is 2.14. The van der Waals surface area contributed by atoms with Gasteiger partial charge in [-0.3, -0.25) is 0 Å². The fraction of sp³-hybridized carbons (Fsp3) is 0.947. The number of nitrogens with zero attached hydrogens (tertiary/aromatic N) is 1. The van der Waals surface area contributed by atoms with E-state index < -0.39 is 5.60 Å². The number of rotatable bonds is 3. The molecule has 1 amide bonds. The number of amides is 1. The van der Waals surface area contributed by atoms with Crippen molar-refractivity contribution in [3.05, 3.63) is 0 Å². The molecule has 0 aromatic heterocycles. The summed E-state index contributed by atoms with van der Waals surface area (Å²) in [5.41, 5.74) is -0.434. The van der Waals surface area contributed by atoms with Gasteiger partial charge in [0.1, 0.15) is 5.60 Å². The zero-order chi connectivity index (χ0) is 18.0. The fourth-order valence-corrected chi connectivity index (χ4v) is 3.93. The molecule has 2 fully saturated rings. The van der Waals surface area contributed by atoms with Crippen molar-refractivity contribution in [2.45, 2.75) is 84.0 Å². The van der Waals surface area contributed by atoms with Crippen LogP contribution in [0.25, 0.3) is 0 Å². The molecule has 0 aliphatic carbocycles. The molecule has 5 nitrogen and oxygen atoms in total. The third-order valence-electron chi connectivity index (χ3n) is 5.38. The Bertz CT molecular complexity index is 436. The summed E-state index contributed by atoms with van der Waals surface area (Å²) >= 11 is 0. The largest absolute Gasteiger partial charge is 0.444 e. The Kier molecular flexibility index (Phi) is 5.86. The molecule has 5 heteroatoms. The van der Waals surface area contributed by atoms with Gasteiger partial charge in [-0.05, 0) is 71.4 Å². The molecule has 0 saturated carbocycles. The first-order valence-corrected chi connectivity index (χ1v) is 9.31. The number of hydrogen-bond donors (Lipinski definition) is 1. The highest BCUT2D eigenvalue weighted by molar-refractivity contribution is 5.68. The predicted octanol–water partition coefficient (Wildman–Crippen LogP) is 3.57. The van der Waals surface area contributed by atoms with Gasteiger partial charge in [0.2, 0.25) is 0 Å². The molecule has 2 aliphatic heterocycles. The summed E-state index contributed by atoms with van der Waals surface area (Å²) in [5, 5.41) is 3.40. The minimum atomic E-state index is -0.461. The van der Waals surface area contributed by atoms with Gasteiger partial charge in [-0.1, -0.05) is 13.8 Å². The first-order valence-electron chi connectivity index (χ1n) is 9.31. The number of ether oxygens (including phenoxy) is 2. The maximum atomic E-state index is 12.8. The summed E-state index contributed by atoms with van der Waals surface area (Å²) in [7, 11) is 1.82. The highest BCUT2D eigenvalue weighted by Crippen LogP contribution is 2.38. The van der Waals surface area contributed by atoms with E-state index in [0.29, 0.717) is 0 Å². The van der Waals surface area contributed by atoms with E-state index in [2.05, 4.69) is 19.2 Å². The van der Waals surface area contributed by atoms with Gasteiger partial charge in [-0.25, -0.2) is 4.79 Å². The number of methoxy groups -OCH3 is 1. The maximum absolute atomic E-state index is 12.8. The third-order valence-corrected chi connectivity index (χ3v) is 5.38. The highest BCUT2D eigenvalue weighted by Gasteiger charge is 2.42. The Labute approximate surface area is 147 Å². The summed E-state index contributed by atoms with van der Waals surface area (Å²) < 4.78 is 11.6. The van der Waals surface area contributed by atoms with Gasteiger partial charge in [0.25, 0.3) is 0 Å². The highest BCUT2D eigenvalue weighted by atomic mass is 16.6. The monoisotopic (exact) mass is 340 g/mol. The number of carbonyl (C=O) groups is 1. The lowest BCUT2D eigenvalue weighted by Crippen LogP contribution is -2.55. The Morgan fingerprint density at radius 3 is 2.38 bits per heavy atom. The van der Waals surface area contributed by atoms with Crippen LogP contribution >= 0.6 is 0 Å². The van der Waals surface area contributed by atoms with Crippen molar-refractivity contribution in [2.24, 2.45) is 5.41 Å². The molecule has 1 unspecified atom stereocenters. The van der Waals surface area contributed by atoms with Crippen LogP contribution in [0.4, 0.5) is 4.79 Å². The number of likely N-dealkylation sites (tertiary alicyclic amines) is 1. The minimum absolute atomic E-state index is 0.113. The first-order chi connectivity index (χ1) is 11.1. The fourth-order valence-electron chi connectivity index (χ4n) is 3.93. The Hall–Kier alpha value is -0.810. The van der Waals surface area contributed by atoms with Crippen LogP contribution in [0.5, 0.6) is 0 Å². The van der Waals surface area contributed by atoms with Gasteiger partial charge in [0.05, 0.1) is 5.60 Å². The maximum Gasteiger partial charge on any atom is 0.410 e. The van der Waals surface area contributed by atoms with Crippen molar-refractivity contribution < 1.29 is 14.3 Å². The molecule has 0 aromatic rings. The lowest BCUT2D eigenvalue weighted by molar-refractivity contribution is -0.0720. The quantitative estimate of drug-likeness (QED) is 0.853. The number of nitrogens with one attached hydrogen (secondary N) is 1. The molecule has 0 aromatic carbocycles. The molecule has 0 bridgehead atoms. The third kappa shape index (κ3) is 5.09. The van der Waals surface area contributed by atoms with Gasteiger partial charge in [0, 0.05) is 19.7 Å². The zero-order valence-corrected chi connectivity index (χ0v) is 16.4. The number of hydrogen-bond acceptors (Lipinski definition) is 4. The summed E-state index contributed by atoms with van der Waals surface area (Å²) in [6, 6.07) is 0.200. The molecule has 2 heterocycles. The van der Waals surface area contributed by atoms with E-state index >= 15 is 0 Å². The predicted molar refractivity (Wildman–Crippen MR) is 96.2 cm³/mol.